The zero-order valence-electron chi connectivity index (χ0n) is 13.3. The van der Waals surface area contributed by atoms with Crippen LogP contribution in [0.1, 0.15) is 43.0 Å². The Morgan fingerprint density at radius 2 is 1.96 bits per heavy atom. The molecule has 1 unspecified atom stereocenters. The molecule has 0 radical (unpaired) electrons. The predicted molar refractivity (Wildman–Crippen MR) is 86.6 cm³/mol. The van der Waals surface area contributed by atoms with Crippen LogP contribution in [0.4, 0.5) is 0 Å². The summed E-state index contributed by atoms with van der Waals surface area (Å²) in [4.78, 5) is 8.30. The first-order chi connectivity index (χ1) is 11.3. The highest BCUT2D eigenvalue weighted by Crippen LogP contribution is 2.33. The van der Waals surface area contributed by atoms with E-state index >= 15 is 0 Å². The molecule has 0 saturated heterocycles. The quantitative estimate of drug-likeness (QED) is 0.887. The van der Waals surface area contributed by atoms with Gasteiger partial charge in [-0.3, -0.25) is 9.97 Å². The first-order valence-electron chi connectivity index (χ1n) is 8.04. The van der Waals surface area contributed by atoms with Gasteiger partial charge in [0.25, 0.3) is 0 Å². The molecule has 23 heavy (non-hydrogen) atoms. The van der Waals surface area contributed by atoms with E-state index in [1.165, 1.54) is 12.8 Å². The molecule has 2 aromatic rings. The molecule has 0 aromatic carbocycles. The van der Waals surface area contributed by atoms with Crippen molar-refractivity contribution in [3.8, 4) is 11.5 Å². The average molecular weight is 314 g/mol. The second-order valence-electron chi connectivity index (χ2n) is 5.86. The first kappa shape index (κ1) is 15.7. The lowest BCUT2D eigenvalue weighted by molar-refractivity contribution is 0.169. The zero-order valence-corrected chi connectivity index (χ0v) is 13.3. The van der Waals surface area contributed by atoms with Crippen LogP contribution in [0.25, 0.3) is 0 Å². The molecule has 5 heteroatoms. The topological polar surface area (TPSA) is 64.5 Å². The van der Waals surface area contributed by atoms with Crippen molar-refractivity contribution >= 4 is 0 Å². The monoisotopic (exact) mass is 314 g/mol. The number of nitrogens with zero attached hydrogens (tertiary/aromatic N) is 2. The Kier molecular flexibility index (Phi) is 5.08. The summed E-state index contributed by atoms with van der Waals surface area (Å²) in [6.45, 7) is 0. The van der Waals surface area contributed by atoms with Gasteiger partial charge in [0.1, 0.15) is 6.10 Å². The first-order valence-corrected chi connectivity index (χ1v) is 8.04. The van der Waals surface area contributed by atoms with E-state index in [2.05, 4.69) is 9.97 Å². The van der Waals surface area contributed by atoms with Gasteiger partial charge in [-0.2, -0.15) is 0 Å². The Bertz CT molecular complexity index is 627. The van der Waals surface area contributed by atoms with Gasteiger partial charge in [-0.1, -0.05) is 0 Å². The van der Waals surface area contributed by atoms with Crippen molar-refractivity contribution in [3.05, 3.63) is 48.0 Å². The molecule has 5 nitrogen and oxygen atoms in total. The summed E-state index contributed by atoms with van der Waals surface area (Å²) in [6, 6.07) is 5.58. The minimum absolute atomic E-state index is 0.233. The lowest BCUT2D eigenvalue weighted by Crippen LogP contribution is -2.13. The van der Waals surface area contributed by atoms with E-state index in [0.29, 0.717) is 23.6 Å². The Morgan fingerprint density at radius 3 is 2.65 bits per heavy atom. The Hall–Kier alpha value is -2.14. The van der Waals surface area contributed by atoms with E-state index in [0.717, 1.165) is 18.4 Å². The summed E-state index contributed by atoms with van der Waals surface area (Å²) in [5.41, 5.74) is 1.61. The summed E-state index contributed by atoms with van der Waals surface area (Å²) in [7, 11) is 1.60. The number of ether oxygens (including phenoxy) is 2. The van der Waals surface area contributed by atoms with Crippen LogP contribution >= 0.6 is 0 Å². The van der Waals surface area contributed by atoms with Gasteiger partial charge < -0.3 is 14.6 Å². The number of hydrogen-bond acceptors (Lipinski definition) is 5. The van der Waals surface area contributed by atoms with Gasteiger partial charge in [0, 0.05) is 24.9 Å². The molecule has 0 spiro atoms. The normalized spacial score (nSPS) is 16.3. The fourth-order valence-electron chi connectivity index (χ4n) is 2.90. The summed E-state index contributed by atoms with van der Waals surface area (Å²) < 4.78 is 11.4. The van der Waals surface area contributed by atoms with E-state index in [9.17, 15) is 5.11 Å². The molecule has 1 aliphatic rings. The minimum atomic E-state index is -0.686. The van der Waals surface area contributed by atoms with E-state index in [4.69, 9.17) is 9.47 Å². The highest BCUT2D eigenvalue weighted by Gasteiger charge is 2.20. The Labute approximate surface area is 136 Å². The lowest BCUT2D eigenvalue weighted by Gasteiger charge is -2.18. The minimum Gasteiger partial charge on any atom is -0.491 e. The van der Waals surface area contributed by atoms with Gasteiger partial charge in [-0.25, -0.2) is 0 Å². The number of aliphatic hydroxyl groups excluding tert-OH is 1. The van der Waals surface area contributed by atoms with Crippen molar-refractivity contribution in [2.45, 2.75) is 44.3 Å². The Balaban J connectivity index is 1.76. The van der Waals surface area contributed by atoms with Crippen LogP contribution < -0.4 is 9.47 Å². The maximum absolute atomic E-state index is 10.4. The van der Waals surface area contributed by atoms with Crippen molar-refractivity contribution in [2.24, 2.45) is 0 Å². The largest absolute Gasteiger partial charge is 0.491 e. The third kappa shape index (κ3) is 3.99. The van der Waals surface area contributed by atoms with Crippen molar-refractivity contribution in [3.63, 3.8) is 0 Å². The molecule has 1 atom stereocenters. The van der Waals surface area contributed by atoms with Crippen molar-refractivity contribution in [2.75, 3.05) is 7.11 Å². The summed E-state index contributed by atoms with van der Waals surface area (Å²) in [6.07, 6.45) is 9.65. The maximum atomic E-state index is 10.4. The smallest absolute Gasteiger partial charge is 0.179 e. The number of rotatable bonds is 6. The fourth-order valence-corrected chi connectivity index (χ4v) is 2.90. The molecule has 0 amide bonds. The molecule has 0 bridgehead atoms. The molecule has 2 heterocycles. The lowest BCUT2D eigenvalue weighted by atomic mass is 10.1. The van der Waals surface area contributed by atoms with E-state index in [-0.39, 0.29) is 6.10 Å². The van der Waals surface area contributed by atoms with E-state index in [1.54, 1.807) is 31.8 Å². The second-order valence-corrected chi connectivity index (χ2v) is 5.86. The molecule has 122 valence electrons. The van der Waals surface area contributed by atoms with Crippen LogP contribution in [0, 0.1) is 0 Å². The molecule has 2 aromatic heterocycles. The molecule has 1 saturated carbocycles. The molecule has 1 aliphatic carbocycles. The number of aromatic nitrogens is 2. The van der Waals surface area contributed by atoms with Crippen molar-refractivity contribution in [1.29, 1.82) is 0 Å². The van der Waals surface area contributed by atoms with Gasteiger partial charge in [0.05, 0.1) is 25.1 Å². The van der Waals surface area contributed by atoms with Crippen LogP contribution in [-0.4, -0.2) is 28.3 Å². The summed E-state index contributed by atoms with van der Waals surface area (Å²) in [5, 5.41) is 10.4. The van der Waals surface area contributed by atoms with Crippen LogP contribution in [0.15, 0.2) is 36.8 Å². The SMILES string of the molecule is COc1cnc(C(O)Cc2ccncc2)cc1OC1CCCC1. The molecular formula is C18H22N2O3. The third-order valence-corrected chi connectivity index (χ3v) is 4.19. The molecule has 3 rings (SSSR count). The number of hydrogen-bond donors (Lipinski definition) is 1. The van der Waals surface area contributed by atoms with Gasteiger partial charge >= 0.3 is 0 Å². The van der Waals surface area contributed by atoms with Crippen molar-refractivity contribution < 1.29 is 14.6 Å². The van der Waals surface area contributed by atoms with Crippen LogP contribution in [0.3, 0.4) is 0 Å². The second kappa shape index (κ2) is 7.42. The number of aliphatic hydroxyl groups is 1. The third-order valence-electron chi connectivity index (χ3n) is 4.19. The van der Waals surface area contributed by atoms with Crippen molar-refractivity contribution in [1.82, 2.24) is 9.97 Å². The van der Waals surface area contributed by atoms with E-state index < -0.39 is 6.10 Å². The summed E-state index contributed by atoms with van der Waals surface area (Å²) in [5.74, 6) is 1.27. The Morgan fingerprint density at radius 1 is 1.22 bits per heavy atom. The zero-order chi connectivity index (χ0) is 16.1. The van der Waals surface area contributed by atoms with Gasteiger partial charge in [-0.15, -0.1) is 0 Å². The fraction of sp³-hybridized carbons (Fsp3) is 0.444. The summed E-state index contributed by atoms with van der Waals surface area (Å²) >= 11 is 0. The maximum Gasteiger partial charge on any atom is 0.179 e. The van der Waals surface area contributed by atoms with Gasteiger partial charge in [0.2, 0.25) is 0 Å². The van der Waals surface area contributed by atoms with Crippen LogP contribution in [-0.2, 0) is 6.42 Å². The number of methoxy groups -OCH3 is 1. The van der Waals surface area contributed by atoms with Gasteiger partial charge in [-0.05, 0) is 43.4 Å². The van der Waals surface area contributed by atoms with Crippen LogP contribution in [0.5, 0.6) is 11.5 Å². The molecular weight excluding hydrogens is 292 g/mol. The van der Waals surface area contributed by atoms with Crippen LogP contribution in [0.2, 0.25) is 0 Å². The number of pyridine rings is 2. The molecule has 1 N–H and O–H groups in total. The standard InChI is InChI=1S/C18H22N2O3/c1-22-18-12-20-15(11-17(18)23-14-4-2-3-5-14)16(21)10-13-6-8-19-9-7-13/h6-9,11-12,14,16,21H,2-5,10H2,1H3. The highest BCUT2D eigenvalue weighted by molar-refractivity contribution is 5.40. The molecule has 0 aliphatic heterocycles. The van der Waals surface area contributed by atoms with Gasteiger partial charge in [0.15, 0.2) is 11.5 Å². The van der Waals surface area contributed by atoms with E-state index in [1.807, 2.05) is 12.1 Å². The predicted octanol–water partition coefficient (Wildman–Crippen LogP) is 3.08. The highest BCUT2D eigenvalue weighted by atomic mass is 16.5. The molecule has 1 fully saturated rings. The average Bonchev–Trinajstić information content (AvgIpc) is 3.09.